The zero-order valence-corrected chi connectivity index (χ0v) is 9.69. The Balaban J connectivity index is 2.66. The molecule has 1 nitrogen and oxygen atoms in total. The Kier molecular flexibility index (Phi) is 2.55. The number of hydrogen-bond donors (Lipinski definition) is 0. The van der Waals surface area contributed by atoms with Crippen LogP contribution in [0.1, 0.15) is 12.5 Å². The van der Waals surface area contributed by atoms with Crippen LogP contribution in [0.15, 0.2) is 29.3 Å². The van der Waals surface area contributed by atoms with Crippen molar-refractivity contribution in [1.29, 1.82) is 0 Å². The van der Waals surface area contributed by atoms with E-state index >= 15 is 0 Å². The Labute approximate surface area is 89.1 Å². The molecule has 0 unspecified atom stereocenters. The van der Waals surface area contributed by atoms with E-state index in [0.717, 1.165) is 5.75 Å². The summed E-state index contributed by atoms with van der Waals surface area (Å²) in [6, 6.07) is 6.61. The van der Waals surface area contributed by atoms with Crippen molar-refractivity contribution in [2.45, 2.75) is 18.7 Å². The van der Waals surface area contributed by atoms with Gasteiger partial charge in [-0.15, -0.1) is 11.8 Å². The van der Waals surface area contributed by atoms with Gasteiger partial charge in [0.1, 0.15) is 0 Å². The molecule has 1 heterocycles. The highest BCUT2D eigenvalue weighted by Crippen LogP contribution is 2.28. The van der Waals surface area contributed by atoms with Gasteiger partial charge < -0.3 is 4.57 Å². The third-order valence-corrected chi connectivity index (χ3v) is 3.58. The highest BCUT2D eigenvalue weighted by atomic mass is 32.2. The lowest BCUT2D eigenvalue weighted by Gasteiger charge is -2.07. The molecule has 0 radical (unpaired) electrons. The van der Waals surface area contributed by atoms with Crippen molar-refractivity contribution < 1.29 is 0 Å². The van der Waals surface area contributed by atoms with Crippen LogP contribution in [0.25, 0.3) is 10.9 Å². The maximum Gasteiger partial charge on any atom is 0.0518 e. The minimum Gasteiger partial charge on any atom is -0.350 e. The number of thioether (sulfide) groups is 1. The Morgan fingerprint density at radius 1 is 1.29 bits per heavy atom. The maximum atomic E-state index is 2.23. The molecule has 0 N–H and O–H groups in total. The first-order valence-corrected chi connectivity index (χ1v) is 5.90. The summed E-state index contributed by atoms with van der Waals surface area (Å²) in [5.74, 6) is 1.14. The lowest BCUT2D eigenvalue weighted by atomic mass is 10.2. The van der Waals surface area contributed by atoms with Gasteiger partial charge in [-0.3, -0.25) is 0 Å². The van der Waals surface area contributed by atoms with Crippen molar-refractivity contribution in [2.24, 2.45) is 7.05 Å². The molecule has 0 aliphatic carbocycles. The fourth-order valence-corrected chi connectivity index (χ4v) is 2.67. The first-order valence-electron chi connectivity index (χ1n) is 4.91. The number of hydrogen-bond acceptors (Lipinski definition) is 1. The van der Waals surface area contributed by atoms with Crippen LogP contribution in [0, 0.1) is 6.92 Å². The molecule has 1 aromatic carbocycles. The van der Waals surface area contributed by atoms with Crippen molar-refractivity contribution in [2.75, 3.05) is 5.75 Å². The van der Waals surface area contributed by atoms with Gasteiger partial charge in [0.15, 0.2) is 0 Å². The van der Waals surface area contributed by atoms with E-state index < -0.39 is 0 Å². The van der Waals surface area contributed by atoms with Crippen molar-refractivity contribution in [3.63, 3.8) is 0 Å². The minimum atomic E-state index is 1.14. The van der Waals surface area contributed by atoms with E-state index in [1.807, 2.05) is 11.8 Å². The van der Waals surface area contributed by atoms with Crippen LogP contribution in [-0.4, -0.2) is 10.3 Å². The van der Waals surface area contributed by atoms with Gasteiger partial charge in [-0.1, -0.05) is 13.0 Å². The Morgan fingerprint density at radius 3 is 2.79 bits per heavy atom. The van der Waals surface area contributed by atoms with Gasteiger partial charge in [0.25, 0.3) is 0 Å². The normalized spacial score (nSPS) is 11.1. The minimum absolute atomic E-state index is 1.14. The van der Waals surface area contributed by atoms with E-state index in [4.69, 9.17) is 0 Å². The van der Waals surface area contributed by atoms with Crippen molar-refractivity contribution >= 4 is 22.7 Å². The molecule has 14 heavy (non-hydrogen) atoms. The predicted octanol–water partition coefficient (Wildman–Crippen LogP) is 3.60. The lowest BCUT2D eigenvalue weighted by molar-refractivity contribution is 0.960. The summed E-state index contributed by atoms with van der Waals surface area (Å²) in [4.78, 5) is 1.40. The van der Waals surface area contributed by atoms with Gasteiger partial charge in [-0.05, 0) is 35.8 Å². The van der Waals surface area contributed by atoms with Crippen LogP contribution < -0.4 is 0 Å². The zero-order chi connectivity index (χ0) is 10.1. The summed E-state index contributed by atoms with van der Waals surface area (Å²) in [6.07, 6.45) is 2.12. The third kappa shape index (κ3) is 1.44. The second-order valence-electron chi connectivity index (χ2n) is 3.49. The number of aryl methyl sites for hydroxylation is 2. The van der Waals surface area contributed by atoms with Crippen LogP contribution in [-0.2, 0) is 7.05 Å². The molecular formula is C12H15NS. The number of aromatic nitrogens is 1. The molecule has 0 atom stereocenters. The maximum absolute atomic E-state index is 2.23. The lowest BCUT2D eigenvalue weighted by Crippen LogP contribution is -1.89. The molecule has 0 aliphatic rings. The summed E-state index contributed by atoms with van der Waals surface area (Å²) in [6.45, 7) is 4.40. The molecule has 1 aromatic heterocycles. The summed E-state index contributed by atoms with van der Waals surface area (Å²) < 4.78 is 2.20. The van der Waals surface area contributed by atoms with Crippen LogP contribution in [0.3, 0.4) is 0 Å². The molecule has 0 amide bonds. The number of nitrogens with zero attached hydrogens (tertiary/aromatic N) is 1. The Hall–Kier alpha value is -0.890. The third-order valence-electron chi connectivity index (χ3n) is 2.54. The Bertz CT molecular complexity index is 457. The number of fused-ring (bicyclic) bond motifs is 1. The highest BCUT2D eigenvalue weighted by Gasteiger charge is 2.05. The zero-order valence-electron chi connectivity index (χ0n) is 8.87. The summed E-state index contributed by atoms with van der Waals surface area (Å²) in [7, 11) is 2.11. The fraction of sp³-hybridized carbons (Fsp3) is 0.333. The molecular weight excluding hydrogens is 190 g/mol. The van der Waals surface area contributed by atoms with Crippen molar-refractivity contribution in [3.8, 4) is 0 Å². The summed E-state index contributed by atoms with van der Waals surface area (Å²) in [5, 5.41) is 1.34. The van der Waals surface area contributed by atoms with E-state index in [1.54, 1.807) is 0 Å². The molecule has 2 heteroatoms. The van der Waals surface area contributed by atoms with Crippen LogP contribution >= 0.6 is 11.8 Å². The first kappa shape index (κ1) is 9.66. The van der Waals surface area contributed by atoms with Gasteiger partial charge in [0.2, 0.25) is 0 Å². The van der Waals surface area contributed by atoms with Crippen LogP contribution in [0.5, 0.6) is 0 Å². The standard InChI is InChI=1S/C12H15NS/c1-4-14-11-6-5-10-7-8-13(3)12(10)9(11)2/h5-8H,4H2,1-3H3. The molecule has 0 aliphatic heterocycles. The fourth-order valence-electron chi connectivity index (χ4n) is 1.88. The molecule has 0 fully saturated rings. The monoisotopic (exact) mass is 205 g/mol. The predicted molar refractivity (Wildman–Crippen MR) is 64.1 cm³/mol. The molecule has 2 aromatic rings. The summed E-state index contributed by atoms with van der Waals surface area (Å²) in [5.41, 5.74) is 2.77. The van der Waals surface area contributed by atoms with Crippen LogP contribution in [0.4, 0.5) is 0 Å². The molecule has 0 spiro atoms. The van der Waals surface area contributed by atoms with Gasteiger partial charge >= 0.3 is 0 Å². The molecule has 2 rings (SSSR count). The van der Waals surface area contributed by atoms with E-state index in [2.05, 4.69) is 49.9 Å². The number of rotatable bonds is 2. The topological polar surface area (TPSA) is 4.93 Å². The molecule has 0 saturated heterocycles. The largest absolute Gasteiger partial charge is 0.350 e. The Morgan fingerprint density at radius 2 is 2.07 bits per heavy atom. The van der Waals surface area contributed by atoms with E-state index in [9.17, 15) is 0 Å². The first-order chi connectivity index (χ1) is 6.74. The SMILES string of the molecule is CCSc1ccc2ccn(C)c2c1C. The number of benzene rings is 1. The van der Waals surface area contributed by atoms with E-state index in [0.29, 0.717) is 0 Å². The average molecular weight is 205 g/mol. The summed E-state index contributed by atoms with van der Waals surface area (Å²) >= 11 is 1.92. The van der Waals surface area contributed by atoms with Gasteiger partial charge in [0, 0.05) is 18.1 Å². The molecule has 74 valence electrons. The van der Waals surface area contributed by atoms with Gasteiger partial charge in [-0.2, -0.15) is 0 Å². The average Bonchev–Trinajstić information content (AvgIpc) is 2.54. The highest BCUT2D eigenvalue weighted by molar-refractivity contribution is 7.99. The second kappa shape index (κ2) is 3.70. The van der Waals surface area contributed by atoms with Crippen LogP contribution in [0.2, 0.25) is 0 Å². The smallest absolute Gasteiger partial charge is 0.0518 e. The molecule has 0 bridgehead atoms. The second-order valence-corrected chi connectivity index (χ2v) is 4.79. The molecule has 0 saturated carbocycles. The van der Waals surface area contributed by atoms with E-state index in [-0.39, 0.29) is 0 Å². The van der Waals surface area contributed by atoms with Crippen molar-refractivity contribution in [1.82, 2.24) is 4.57 Å². The quantitative estimate of drug-likeness (QED) is 0.678. The van der Waals surface area contributed by atoms with Gasteiger partial charge in [-0.25, -0.2) is 0 Å². The van der Waals surface area contributed by atoms with Crippen molar-refractivity contribution in [3.05, 3.63) is 30.0 Å². The van der Waals surface area contributed by atoms with E-state index in [1.165, 1.54) is 21.4 Å². The van der Waals surface area contributed by atoms with Gasteiger partial charge in [0.05, 0.1) is 5.52 Å².